The molecule has 0 radical (unpaired) electrons. The highest BCUT2D eigenvalue weighted by atomic mass is 16.7. The highest BCUT2D eigenvalue weighted by Gasteiger charge is 2.44. The van der Waals surface area contributed by atoms with Crippen molar-refractivity contribution in [2.24, 2.45) is 11.8 Å². The van der Waals surface area contributed by atoms with Gasteiger partial charge in [-0.25, -0.2) is 0 Å². The number of methoxy groups -OCH3 is 1. The summed E-state index contributed by atoms with van der Waals surface area (Å²) in [6.45, 7) is 3.39. The van der Waals surface area contributed by atoms with Crippen molar-refractivity contribution in [1.29, 1.82) is 0 Å². The van der Waals surface area contributed by atoms with Gasteiger partial charge in [0.1, 0.15) is 0 Å². The summed E-state index contributed by atoms with van der Waals surface area (Å²) in [6, 6.07) is 19.0. The second-order valence-electron chi connectivity index (χ2n) is 12.3. The molecule has 1 aliphatic heterocycles. The van der Waals surface area contributed by atoms with Crippen LogP contribution in [0.15, 0.2) is 78.9 Å². The van der Waals surface area contributed by atoms with E-state index in [0.29, 0.717) is 19.4 Å². The molecule has 5 atom stereocenters. The van der Waals surface area contributed by atoms with Crippen molar-refractivity contribution in [2.75, 3.05) is 13.7 Å². The van der Waals surface area contributed by atoms with Gasteiger partial charge in [-0.1, -0.05) is 92.6 Å². The molecule has 0 aromatic heterocycles. The summed E-state index contributed by atoms with van der Waals surface area (Å²) in [7, 11) is 1.43. The van der Waals surface area contributed by atoms with Crippen LogP contribution in [0, 0.1) is 11.8 Å². The van der Waals surface area contributed by atoms with Gasteiger partial charge in [-0.15, -0.1) is 0 Å². The molecule has 1 saturated heterocycles. The summed E-state index contributed by atoms with van der Waals surface area (Å²) < 4.78 is 24.0. The van der Waals surface area contributed by atoms with Gasteiger partial charge in [0.2, 0.25) is 0 Å². The van der Waals surface area contributed by atoms with E-state index in [1.165, 1.54) is 18.2 Å². The fourth-order valence-electron chi connectivity index (χ4n) is 6.33. The number of allylic oxidation sites excluding steroid dienone is 3. The average molecular weight is 617 g/mol. The van der Waals surface area contributed by atoms with E-state index < -0.39 is 0 Å². The number of carbonyl (C=O) groups is 2. The van der Waals surface area contributed by atoms with Crippen molar-refractivity contribution < 1.29 is 28.5 Å². The molecule has 4 rings (SSSR count). The van der Waals surface area contributed by atoms with E-state index in [4.69, 9.17) is 18.9 Å². The maximum absolute atomic E-state index is 12.8. The van der Waals surface area contributed by atoms with Crippen LogP contribution in [-0.2, 0) is 35.1 Å². The lowest BCUT2D eigenvalue weighted by molar-refractivity contribution is -0.193. The highest BCUT2D eigenvalue weighted by molar-refractivity contribution is 5.89. The zero-order chi connectivity index (χ0) is 31.7. The van der Waals surface area contributed by atoms with Gasteiger partial charge in [0.05, 0.1) is 25.9 Å². The summed E-state index contributed by atoms with van der Waals surface area (Å²) in [5.74, 6) is 0.189. The minimum atomic E-state index is -0.210. The summed E-state index contributed by atoms with van der Waals surface area (Å²) >= 11 is 0. The number of carbonyl (C=O) groups excluding carboxylic acids is 2. The smallest absolute Gasteiger partial charge is 0.305 e. The Bertz CT molecular complexity index is 1200. The molecular formula is C39H52O6. The topological polar surface area (TPSA) is 71.1 Å². The second kappa shape index (κ2) is 19.5. The predicted molar refractivity (Wildman–Crippen MR) is 178 cm³/mol. The zero-order valence-electron chi connectivity index (χ0n) is 27.2. The van der Waals surface area contributed by atoms with E-state index in [9.17, 15) is 9.59 Å². The summed E-state index contributed by atoms with van der Waals surface area (Å²) in [5.41, 5.74) is 3.51. The Morgan fingerprint density at radius 3 is 2.44 bits per heavy atom. The molecule has 244 valence electrons. The molecule has 6 nitrogen and oxygen atoms in total. The molecular weight excluding hydrogens is 564 g/mol. The summed E-state index contributed by atoms with van der Waals surface area (Å²) in [5, 5.41) is 0. The van der Waals surface area contributed by atoms with Gasteiger partial charge in [0, 0.05) is 31.8 Å². The predicted octanol–water partition coefficient (Wildman–Crippen LogP) is 8.78. The minimum absolute atomic E-state index is 0.0306. The lowest BCUT2D eigenvalue weighted by Crippen LogP contribution is -2.30. The van der Waals surface area contributed by atoms with Crippen molar-refractivity contribution in [1.82, 2.24) is 0 Å². The number of ketones is 1. The van der Waals surface area contributed by atoms with Crippen molar-refractivity contribution in [3.63, 3.8) is 0 Å². The number of esters is 1. The van der Waals surface area contributed by atoms with E-state index in [1.807, 2.05) is 6.07 Å². The second-order valence-corrected chi connectivity index (χ2v) is 12.3. The van der Waals surface area contributed by atoms with Crippen LogP contribution in [0.5, 0.6) is 0 Å². The number of hydrogen-bond acceptors (Lipinski definition) is 6. The molecule has 2 aromatic rings. The summed E-state index contributed by atoms with van der Waals surface area (Å²) in [4.78, 5) is 24.3. The van der Waals surface area contributed by atoms with E-state index in [-0.39, 0.29) is 42.1 Å². The van der Waals surface area contributed by atoms with Gasteiger partial charge >= 0.3 is 5.97 Å². The molecule has 0 amide bonds. The number of benzene rings is 2. The van der Waals surface area contributed by atoms with E-state index >= 15 is 0 Å². The summed E-state index contributed by atoms with van der Waals surface area (Å²) in [6.07, 6.45) is 18.2. The number of unbranched alkanes of at least 4 members (excludes halogenated alkanes) is 3. The fraction of sp³-hybridized carbons (Fsp3) is 0.538. The molecule has 2 aromatic carbocycles. The van der Waals surface area contributed by atoms with Gasteiger partial charge in [-0.3, -0.25) is 9.59 Å². The minimum Gasteiger partial charge on any atom is -0.469 e. The molecule has 1 heterocycles. The van der Waals surface area contributed by atoms with Crippen LogP contribution in [0.25, 0.3) is 11.1 Å². The average Bonchev–Trinajstić information content (AvgIpc) is 3.40. The molecule has 2 aliphatic rings. The Morgan fingerprint density at radius 2 is 1.71 bits per heavy atom. The monoisotopic (exact) mass is 616 g/mol. The fourth-order valence-corrected chi connectivity index (χ4v) is 6.33. The first kappa shape index (κ1) is 34.8. The molecule has 2 fully saturated rings. The lowest BCUT2D eigenvalue weighted by Gasteiger charge is -2.29. The normalized spacial score (nSPS) is 23.6. The maximum Gasteiger partial charge on any atom is 0.305 e. The van der Waals surface area contributed by atoms with Crippen LogP contribution >= 0.6 is 0 Å². The quantitative estimate of drug-likeness (QED) is 0.0722. The zero-order valence-corrected chi connectivity index (χ0v) is 27.2. The standard InChI is InChI=1S/C39H52O6/c1-3-4-8-17-33(40)25-26-35-34(18-11-5-6-12-19-38(41)42-2)36(28-37(35)45-39-20-13-14-27-43-39)44-29-30-21-23-32(24-22-30)31-15-9-7-10-16-31/h5,7,9-11,15-16,21-26,34-37,39H,3-4,6,8,12-14,17-20,27-29H2,1-2H3/b11-5-,26-25+/t34-,35-,36+,37-,39?/m1/s1. The number of hydrogen-bond donors (Lipinski definition) is 0. The van der Waals surface area contributed by atoms with Crippen LogP contribution in [0.2, 0.25) is 0 Å². The molecule has 45 heavy (non-hydrogen) atoms. The van der Waals surface area contributed by atoms with E-state index in [1.54, 1.807) is 6.08 Å². The van der Waals surface area contributed by atoms with Gasteiger partial charge in [-0.2, -0.15) is 0 Å². The highest BCUT2D eigenvalue weighted by Crippen LogP contribution is 2.41. The van der Waals surface area contributed by atoms with E-state index in [2.05, 4.69) is 73.7 Å². The van der Waals surface area contributed by atoms with Crippen LogP contribution in [0.1, 0.15) is 89.5 Å². The van der Waals surface area contributed by atoms with Gasteiger partial charge in [0.15, 0.2) is 12.1 Å². The molecule has 1 aliphatic carbocycles. The molecule has 0 bridgehead atoms. The van der Waals surface area contributed by atoms with Gasteiger partial charge in [0.25, 0.3) is 0 Å². The lowest BCUT2D eigenvalue weighted by atomic mass is 9.89. The first-order chi connectivity index (χ1) is 22.1. The SMILES string of the molecule is CCCCCC(=O)/C=C/[C@@H]1[C@@H](C/C=C\CCCC(=O)OC)[C@@H](OCc2ccc(-c3ccccc3)cc2)C[C@H]1OC1CCCCO1. The third-order valence-corrected chi connectivity index (χ3v) is 8.94. The Labute approximate surface area is 270 Å². The van der Waals surface area contributed by atoms with Crippen LogP contribution in [0.4, 0.5) is 0 Å². The third kappa shape index (κ3) is 11.7. The van der Waals surface area contributed by atoms with Crippen LogP contribution in [0.3, 0.4) is 0 Å². The van der Waals surface area contributed by atoms with Crippen LogP contribution < -0.4 is 0 Å². The molecule has 0 N–H and O–H groups in total. The number of rotatable bonds is 18. The maximum atomic E-state index is 12.8. The molecule has 6 heteroatoms. The molecule has 1 unspecified atom stereocenters. The van der Waals surface area contributed by atoms with Crippen molar-refractivity contribution in [3.8, 4) is 11.1 Å². The van der Waals surface area contributed by atoms with Crippen molar-refractivity contribution in [2.45, 2.75) is 109 Å². The van der Waals surface area contributed by atoms with Gasteiger partial charge in [-0.05, 0) is 73.6 Å². The largest absolute Gasteiger partial charge is 0.469 e. The van der Waals surface area contributed by atoms with E-state index in [0.717, 1.165) is 76.4 Å². The van der Waals surface area contributed by atoms with Gasteiger partial charge < -0.3 is 18.9 Å². The third-order valence-electron chi connectivity index (χ3n) is 8.94. The Kier molecular flexibility index (Phi) is 15.0. The number of ether oxygens (including phenoxy) is 4. The van der Waals surface area contributed by atoms with Crippen molar-refractivity contribution in [3.05, 3.63) is 84.5 Å². The molecule has 0 spiro atoms. The first-order valence-corrected chi connectivity index (χ1v) is 17.0. The molecule has 1 saturated carbocycles. The Hall–Kier alpha value is -3.06. The Balaban J connectivity index is 1.47. The Morgan fingerprint density at radius 1 is 0.911 bits per heavy atom. The van der Waals surface area contributed by atoms with Crippen molar-refractivity contribution >= 4 is 11.8 Å². The van der Waals surface area contributed by atoms with Crippen LogP contribution in [-0.4, -0.2) is 44.0 Å². The first-order valence-electron chi connectivity index (χ1n) is 17.0.